The van der Waals surface area contributed by atoms with Gasteiger partial charge in [-0.15, -0.1) is 0 Å². The molecule has 0 amide bonds. The predicted molar refractivity (Wildman–Crippen MR) is 69.5 cm³/mol. The molecule has 0 aliphatic carbocycles. The third kappa shape index (κ3) is 2.45. The molecule has 0 aliphatic heterocycles. The Morgan fingerprint density at radius 2 is 2.00 bits per heavy atom. The van der Waals surface area contributed by atoms with E-state index in [-0.39, 0.29) is 23.1 Å². The normalized spacial score (nSPS) is 11.3. The first-order chi connectivity index (χ1) is 8.91. The molecule has 0 saturated heterocycles. The van der Waals surface area contributed by atoms with Gasteiger partial charge >= 0.3 is 0 Å². The number of hydrogen-bond donors (Lipinski definition) is 1. The largest absolute Gasteiger partial charge is 0.381 e. The molecule has 2 aromatic rings. The summed E-state index contributed by atoms with van der Waals surface area (Å²) in [6.45, 7) is 5.54. The zero-order valence-corrected chi connectivity index (χ0v) is 11.1. The summed E-state index contributed by atoms with van der Waals surface area (Å²) in [7, 11) is 0. The number of nitrogen functional groups attached to an aromatic ring is 1. The second-order valence-corrected chi connectivity index (χ2v) is 5.03. The van der Waals surface area contributed by atoms with E-state index in [0.29, 0.717) is 17.5 Å². The van der Waals surface area contributed by atoms with Crippen LogP contribution in [-0.4, -0.2) is 5.16 Å². The maximum atomic E-state index is 14.1. The smallest absolute Gasteiger partial charge is 0.178 e. The molecular weight excluding hydrogens is 250 g/mol. The van der Waals surface area contributed by atoms with Crippen molar-refractivity contribution in [1.29, 1.82) is 0 Å². The van der Waals surface area contributed by atoms with Crippen LogP contribution in [0.2, 0.25) is 0 Å². The van der Waals surface area contributed by atoms with Crippen LogP contribution in [-0.2, 0) is 6.42 Å². The summed E-state index contributed by atoms with van der Waals surface area (Å²) in [6.07, 6.45) is 0.553. The number of aromatic nitrogens is 1. The molecule has 102 valence electrons. The van der Waals surface area contributed by atoms with Gasteiger partial charge in [-0.2, -0.15) is 0 Å². The minimum absolute atomic E-state index is 0.0879. The van der Waals surface area contributed by atoms with Crippen LogP contribution in [0.4, 0.5) is 14.6 Å². The predicted octanol–water partition coefficient (Wildman–Crippen LogP) is 3.71. The number of rotatable bonds is 3. The van der Waals surface area contributed by atoms with Crippen LogP contribution in [0.5, 0.6) is 0 Å². The molecule has 5 heteroatoms. The molecule has 1 heterocycles. The maximum Gasteiger partial charge on any atom is 0.178 e. The van der Waals surface area contributed by atoms with Crippen LogP contribution in [0.25, 0.3) is 11.3 Å². The van der Waals surface area contributed by atoms with Crippen molar-refractivity contribution >= 4 is 5.82 Å². The van der Waals surface area contributed by atoms with Gasteiger partial charge in [-0.25, -0.2) is 8.78 Å². The summed E-state index contributed by atoms with van der Waals surface area (Å²) in [5.41, 5.74) is 6.42. The molecule has 0 unspecified atom stereocenters. The third-order valence-electron chi connectivity index (χ3n) is 2.94. The zero-order valence-electron chi connectivity index (χ0n) is 11.1. The van der Waals surface area contributed by atoms with E-state index in [0.717, 1.165) is 0 Å². The SMILES string of the molecule is Cc1ccc(F)c(-c2onc(N)c2CC(C)C)c1F. The van der Waals surface area contributed by atoms with Crippen molar-refractivity contribution in [1.82, 2.24) is 5.16 Å². The van der Waals surface area contributed by atoms with Gasteiger partial charge in [-0.05, 0) is 30.9 Å². The Bertz CT molecular complexity index is 606. The van der Waals surface area contributed by atoms with Gasteiger partial charge in [0.15, 0.2) is 11.6 Å². The van der Waals surface area contributed by atoms with Crippen molar-refractivity contribution in [2.24, 2.45) is 5.92 Å². The second kappa shape index (κ2) is 4.99. The fraction of sp³-hybridized carbons (Fsp3) is 0.357. The molecule has 3 nitrogen and oxygen atoms in total. The fourth-order valence-corrected chi connectivity index (χ4v) is 1.99. The molecule has 0 saturated carbocycles. The second-order valence-electron chi connectivity index (χ2n) is 5.03. The van der Waals surface area contributed by atoms with Crippen molar-refractivity contribution in [2.75, 3.05) is 5.73 Å². The topological polar surface area (TPSA) is 52.0 Å². The molecule has 1 aromatic carbocycles. The number of benzene rings is 1. The van der Waals surface area contributed by atoms with E-state index < -0.39 is 11.6 Å². The lowest BCUT2D eigenvalue weighted by Gasteiger charge is -2.08. The molecule has 2 rings (SSSR count). The van der Waals surface area contributed by atoms with Gasteiger partial charge < -0.3 is 10.3 Å². The van der Waals surface area contributed by atoms with Crippen LogP contribution in [0.1, 0.15) is 25.0 Å². The number of nitrogens with two attached hydrogens (primary N) is 1. The Balaban J connectivity index is 2.63. The fourth-order valence-electron chi connectivity index (χ4n) is 1.99. The quantitative estimate of drug-likeness (QED) is 0.921. The number of anilines is 1. The van der Waals surface area contributed by atoms with Gasteiger partial charge in [0.05, 0.1) is 5.56 Å². The lowest BCUT2D eigenvalue weighted by molar-refractivity contribution is 0.428. The summed E-state index contributed by atoms with van der Waals surface area (Å²) < 4.78 is 33.0. The van der Waals surface area contributed by atoms with Gasteiger partial charge in [0.25, 0.3) is 0 Å². The minimum Gasteiger partial charge on any atom is -0.381 e. The molecule has 0 radical (unpaired) electrons. The molecule has 2 N–H and O–H groups in total. The van der Waals surface area contributed by atoms with Crippen molar-refractivity contribution < 1.29 is 13.3 Å². The highest BCUT2D eigenvalue weighted by molar-refractivity contribution is 5.68. The molecule has 19 heavy (non-hydrogen) atoms. The van der Waals surface area contributed by atoms with Gasteiger partial charge in [-0.3, -0.25) is 0 Å². The Labute approximate surface area is 110 Å². The standard InChI is InChI=1S/C14H16F2N2O/c1-7(2)6-9-13(19-18-14(9)17)11-10(15)5-4-8(3)12(11)16/h4-5,7H,6H2,1-3H3,(H2,17,18). The van der Waals surface area contributed by atoms with E-state index >= 15 is 0 Å². The first-order valence-corrected chi connectivity index (χ1v) is 6.10. The minimum atomic E-state index is -0.677. The molecular formula is C14H16F2N2O. The van der Waals surface area contributed by atoms with Gasteiger partial charge in [0.1, 0.15) is 11.6 Å². The van der Waals surface area contributed by atoms with E-state index in [4.69, 9.17) is 10.3 Å². The average molecular weight is 266 g/mol. The molecule has 0 aliphatic rings. The van der Waals surface area contributed by atoms with Crippen molar-refractivity contribution in [3.63, 3.8) is 0 Å². The molecule has 0 fully saturated rings. The number of halogens is 2. The number of aryl methyl sites for hydroxylation is 1. The first kappa shape index (κ1) is 13.5. The van der Waals surface area contributed by atoms with E-state index in [2.05, 4.69) is 5.16 Å². The number of nitrogens with zero attached hydrogens (tertiary/aromatic N) is 1. The average Bonchev–Trinajstić information content (AvgIpc) is 2.67. The summed E-state index contributed by atoms with van der Waals surface area (Å²) in [4.78, 5) is 0. The highest BCUT2D eigenvalue weighted by atomic mass is 19.1. The van der Waals surface area contributed by atoms with Gasteiger partial charge in [-0.1, -0.05) is 25.1 Å². The lowest BCUT2D eigenvalue weighted by Crippen LogP contribution is -2.01. The van der Waals surface area contributed by atoms with Crippen LogP contribution in [0.3, 0.4) is 0 Å². The van der Waals surface area contributed by atoms with Crippen LogP contribution in [0.15, 0.2) is 16.7 Å². The van der Waals surface area contributed by atoms with E-state index in [1.54, 1.807) is 6.92 Å². The summed E-state index contributed by atoms with van der Waals surface area (Å²) in [5, 5.41) is 3.63. The lowest BCUT2D eigenvalue weighted by atomic mass is 9.98. The Morgan fingerprint density at radius 1 is 1.32 bits per heavy atom. The van der Waals surface area contributed by atoms with Crippen molar-refractivity contribution in [2.45, 2.75) is 27.2 Å². The van der Waals surface area contributed by atoms with Gasteiger partial charge in [0.2, 0.25) is 0 Å². The summed E-state index contributed by atoms with van der Waals surface area (Å²) >= 11 is 0. The maximum absolute atomic E-state index is 14.1. The van der Waals surface area contributed by atoms with Crippen LogP contribution < -0.4 is 5.73 Å². The Morgan fingerprint density at radius 3 is 2.63 bits per heavy atom. The highest BCUT2D eigenvalue weighted by Crippen LogP contribution is 2.34. The van der Waals surface area contributed by atoms with E-state index in [1.165, 1.54) is 12.1 Å². The van der Waals surface area contributed by atoms with Gasteiger partial charge in [0, 0.05) is 5.56 Å². The molecule has 0 bridgehead atoms. The molecule has 0 spiro atoms. The Hall–Kier alpha value is -1.91. The number of hydrogen-bond acceptors (Lipinski definition) is 3. The van der Waals surface area contributed by atoms with Crippen molar-refractivity contribution in [3.05, 3.63) is 34.9 Å². The zero-order chi connectivity index (χ0) is 14.2. The first-order valence-electron chi connectivity index (χ1n) is 6.10. The summed E-state index contributed by atoms with van der Waals surface area (Å²) in [5.74, 6) is -0.768. The van der Waals surface area contributed by atoms with Crippen LogP contribution in [0, 0.1) is 24.5 Å². The third-order valence-corrected chi connectivity index (χ3v) is 2.94. The van der Waals surface area contributed by atoms with E-state index in [9.17, 15) is 8.78 Å². The molecule has 0 atom stereocenters. The Kier molecular flexibility index (Phi) is 3.55. The van der Waals surface area contributed by atoms with Crippen LogP contribution >= 0.6 is 0 Å². The van der Waals surface area contributed by atoms with E-state index in [1.807, 2.05) is 13.8 Å². The highest BCUT2D eigenvalue weighted by Gasteiger charge is 2.23. The monoisotopic (exact) mass is 266 g/mol. The summed E-state index contributed by atoms with van der Waals surface area (Å²) in [6, 6.07) is 2.60. The molecule has 1 aromatic heterocycles. The van der Waals surface area contributed by atoms with Crippen molar-refractivity contribution in [3.8, 4) is 11.3 Å².